The van der Waals surface area contributed by atoms with E-state index >= 15 is 0 Å². The summed E-state index contributed by atoms with van der Waals surface area (Å²) in [5.41, 5.74) is 3.35. The average molecular weight is 413 g/mol. The van der Waals surface area contributed by atoms with Crippen molar-refractivity contribution in [3.8, 4) is 0 Å². The summed E-state index contributed by atoms with van der Waals surface area (Å²) < 4.78 is 1.82. The van der Waals surface area contributed by atoms with Crippen molar-refractivity contribution in [1.82, 2.24) is 30.1 Å². The van der Waals surface area contributed by atoms with Crippen LogP contribution in [0.1, 0.15) is 62.7 Å². The van der Waals surface area contributed by atoms with Crippen LogP contribution in [0.4, 0.5) is 0 Å². The van der Waals surface area contributed by atoms with E-state index in [4.69, 9.17) is 0 Å². The first kappa shape index (κ1) is 22.1. The third-order valence-corrected chi connectivity index (χ3v) is 5.39. The van der Waals surface area contributed by atoms with Crippen LogP contribution in [0.3, 0.4) is 0 Å². The standard InChI is InChI=1S/C22H32N6O2/c1-7-18(20-24-25-26-28(20)22(4,5)6)27(8-9-29)13-17-12-16-11-14(2)10-15(3)19(16)23-21(17)30/h10-12,18,29H,7-9,13H2,1-6H3,(H,23,30)/t18-/m0/s1. The van der Waals surface area contributed by atoms with Crippen molar-refractivity contribution in [3.05, 3.63) is 51.1 Å². The van der Waals surface area contributed by atoms with Crippen molar-refractivity contribution in [2.45, 2.75) is 66.1 Å². The highest BCUT2D eigenvalue weighted by molar-refractivity contribution is 5.82. The van der Waals surface area contributed by atoms with E-state index in [1.807, 2.05) is 17.7 Å². The summed E-state index contributed by atoms with van der Waals surface area (Å²) >= 11 is 0. The lowest BCUT2D eigenvalue weighted by molar-refractivity contribution is 0.127. The summed E-state index contributed by atoms with van der Waals surface area (Å²) in [6.45, 7) is 13.1. The topological polar surface area (TPSA) is 99.9 Å². The molecule has 0 amide bonds. The van der Waals surface area contributed by atoms with Gasteiger partial charge in [-0.3, -0.25) is 9.69 Å². The number of aryl methyl sites for hydroxylation is 2. The number of pyridine rings is 1. The highest BCUT2D eigenvalue weighted by atomic mass is 16.3. The number of H-pyrrole nitrogens is 1. The molecule has 1 atom stereocenters. The number of nitrogens with one attached hydrogen (secondary N) is 1. The largest absolute Gasteiger partial charge is 0.395 e. The van der Waals surface area contributed by atoms with Gasteiger partial charge in [0.05, 0.1) is 23.7 Å². The number of hydrogen-bond donors (Lipinski definition) is 2. The second-order valence-corrected chi connectivity index (χ2v) is 8.91. The Morgan fingerprint density at radius 2 is 1.97 bits per heavy atom. The smallest absolute Gasteiger partial charge is 0.252 e. The number of benzene rings is 1. The average Bonchev–Trinajstić information content (AvgIpc) is 3.14. The maximum atomic E-state index is 12.8. The summed E-state index contributed by atoms with van der Waals surface area (Å²) in [4.78, 5) is 18.0. The van der Waals surface area contributed by atoms with Crippen LogP contribution < -0.4 is 5.56 Å². The number of aromatic nitrogens is 5. The zero-order valence-corrected chi connectivity index (χ0v) is 18.7. The number of fused-ring (bicyclic) bond motifs is 1. The van der Waals surface area contributed by atoms with Crippen LogP contribution in [0.25, 0.3) is 10.9 Å². The van der Waals surface area contributed by atoms with Crippen LogP contribution in [-0.4, -0.2) is 48.3 Å². The number of rotatable bonds is 7. The highest BCUT2D eigenvalue weighted by Crippen LogP contribution is 2.27. The summed E-state index contributed by atoms with van der Waals surface area (Å²) in [6.07, 6.45) is 0.750. The number of nitrogens with zero attached hydrogens (tertiary/aromatic N) is 5. The van der Waals surface area contributed by atoms with Crippen LogP contribution in [0.2, 0.25) is 0 Å². The zero-order valence-electron chi connectivity index (χ0n) is 18.7. The predicted octanol–water partition coefficient (Wildman–Crippen LogP) is 2.83. The van der Waals surface area contributed by atoms with E-state index in [0.717, 1.165) is 34.3 Å². The van der Waals surface area contributed by atoms with Crippen molar-refractivity contribution in [2.75, 3.05) is 13.2 Å². The predicted molar refractivity (Wildman–Crippen MR) is 117 cm³/mol. The van der Waals surface area contributed by atoms with E-state index in [-0.39, 0.29) is 23.7 Å². The lowest BCUT2D eigenvalue weighted by atomic mass is 10.0. The van der Waals surface area contributed by atoms with E-state index in [2.05, 4.69) is 72.2 Å². The summed E-state index contributed by atoms with van der Waals surface area (Å²) in [7, 11) is 0. The fourth-order valence-corrected chi connectivity index (χ4v) is 4.03. The summed E-state index contributed by atoms with van der Waals surface area (Å²) in [5, 5.41) is 23.1. The van der Waals surface area contributed by atoms with Gasteiger partial charge in [0.15, 0.2) is 5.82 Å². The van der Waals surface area contributed by atoms with Crippen molar-refractivity contribution in [2.24, 2.45) is 0 Å². The first-order valence-corrected chi connectivity index (χ1v) is 10.4. The van der Waals surface area contributed by atoms with Crippen molar-refractivity contribution in [3.63, 3.8) is 0 Å². The van der Waals surface area contributed by atoms with Gasteiger partial charge in [-0.05, 0) is 74.5 Å². The maximum absolute atomic E-state index is 12.8. The Morgan fingerprint density at radius 1 is 1.23 bits per heavy atom. The van der Waals surface area contributed by atoms with Gasteiger partial charge < -0.3 is 10.1 Å². The number of aliphatic hydroxyl groups is 1. The molecule has 0 bridgehead atoms. The molecule has 0 aliphatic rings. The first-order chi connectivity index (χ1) is 14.2. The van der Waals surface area contributed by atoms with Crippen molar-refractivity contribution >= 4 is 10.9 Å². The third-order valence-electron chi connectivity index (χ3n) is 5.39. The molecule has 0 radical (unpaired) electrons. The lowest BCUT2D eigenvalue weighted by Gasteiger charge is -2.31. The van der Waals surface area contributed by atoms with E-state index in [1.54, 1.807) is 0 Å². The van der Waals surface area contributed by atoms with E-state index in [0.29, 0.717) is 18.7 Å². The minimum atomic E-state index is -0.271. The Labute approximate surface area is 176 Å². The van der Waals surface area contributed by atoms with Gasteiger partial charge in [-0.25, -0.2) is 4.68 Å². The monoisotopic (exact) mass is 412 g/mol. The third kappa shape index (κ3) is 4.44. The Kier molecular flexibility index (Phi) is 6.38. The minimum Gasteiger partial charge on any atom is -0.395 e. The normalized spacial score (nSPS) is 13.3. The second-order valence-electron chi connectivity index (χ2n) is 8.91. The van der Waals surface area contributed by atoms with Gasteiger partial charge in [0, 0.05) is 18.7 Å². The molecule has 3 rings (SSSR count). The molecule has 3 aromatic rings. The molecule has 2 heterocycles. The van der Waals surface area contributed by atoms with Crippen LogP contribution in [0.5, 0.6) is 0 Å². The van der Waals surface area contributed by atoms with E-state index < -0.39 is 0 Å². The summed E-state index contributed by atoms with van der Waals surface area (Å²) in [5.74, 6) is 0.738. The molecular weight excluding hydrogens is 380 g/mol. The quantitative estimate of drug-likeness (QED) is 0.619. The van der Waals surface area contributed by atoms with Gasteiger partial charge in [0.2, 0.25) is 0 Å². The summed E-state index contributed by atoms with van der Waals surface area (Å²) in [6, 6.07) is 5.98. The molecule has 0 saturated carbocycles. The Bertz CT molecular complexity index is 1080. The molecule has 0 spiro atoms. The van der Waals surface area contributed by atoms with Crippen LogP contribution in [0.15, 0.2) is 23.0 Å². The van der Waals surface area contributed by atoms with Gasteiger partial charge in [-0.1, -0.05) is 18.6 Å². The number of aliphatic hydroxyl groups excluding tert-OH is 1. The molecule has 0 saturated heterocycles. The molecule has 2 aromatic heterocycles. The molecule has 2 N–H and O–H groups in total. The van der Waals surface area contributed by atoms with Crippen molar-refractivity contribution in [1.29, 1.82) is 0 Å². The van der Waals surface area contributed by atoms with Gasteiger partial charge in [-0.15, -0.1) is 5.10 Å². The lowest BCUT2D eigenvalue weighted by Crippen LogP contribution is -2.36. The van der Waals surface area contributed by atoms with Gasteiger partial charge in [0.1, 0.15) is 0 Å². The van der Waals surface area contributed by atoms with Gasteiger partial charge in [-0.2, -0.15) is 0 Å². The molecule has 8 nitrogen and oxygen atoms in total. The molecule has 0 aliphatic heterocycles. The Balaban J connectivity index is 2.02. The minimum absolute atomic E-state index is 0.0166. The number of aromatic amines is 1. The molecule has 8 heteroatoms. The molecule has 1 aromatic carbocycles. The Morgan fingerprint density at radius 3 is 2.60 bits per heavy atom. The number of tetrazole rings is 1. The van der Waals surface area contributed by atoms with Gasteiger partial charge >= 0.3 is 0 Å². The first-order valence-electron chi connectivity index (χ1n) is 10.4. The molecule has 30 heavy (non-hydrogen) atoms. The number of hydrogen-bond acceptors (Lipinski definition) is 6. The van der Waals surface area contributed by atoms with Crippen LogP contribution in [-0.2, 0) is 12.1 Å². The van der Waals surface area contributed by atoms with E-state index in [9.17, 15) is 9.90 Å². The Hall–Kier alpha value is -2.58. The van der Waals surface area contributed by atoms with Crippen LogP contribution in [0, 0.1) is 13.8 Å². The molecule has 162 valence electrons. The fraction of sp³-hybridized carbons (Fsp3) is 0.545. The maximum Gasteiger partial charge on any atom is 0.252 e. The van der Waals surface area contributed by atoms with Crippen molar-refractivity contribution < 1.29 is 5.11 Å². The SMILES string of the molecule is CC[C@@H](c1nnnn1C(C)(C)C)N(CCO)Cc1cc2cc(C)cc(C)c2[nH]c1=O. The fourth-order valence-electron chi connectivity index (χ4n) is 4.03. The zero-order chi connectivity index (χ0) is 22.1. The van der Waals surface area contributed by atoms with Gasteiger partial charge in [0.25, 0.3) is 5.56 Å². The molecule has 0 aliphatic carbocycles. The van der Waals surface area contributed by atoms with E-state index in [1.165, 1.54) is 0 Å². The molecule has 0 unspecified atom stereocenters. The highest BCUT2D eigenvalue weighted by Gasteiger charge is 2.29. The van der Waals surface area contributed by atoms with Crippen LogP contribution >= 0.6 is 0 Å². The second kappa shape index (κ2) is 8.65. The molecular formula is C22H32N6O2. The molecule has 0 fully saturated rings.